The van der Waals surface area contributed by atoms with Gasteiger partial charge in [0, 0.05) is 38.6 Å². The maximum atomic E-state index is 14.5. The second kappa shape index (κ2) is 10.3. The molecule has 3 rings (SSSR count). The Hall–Kier alpha value is -2.35. The van der Waals surface area contributed by atoms with Gasteiger partial charge in [-0.25, -0.2) is 9.38 Å². The molecular formula is C20H30FN5O2. The third kappa shape index (κ3) is 6.09. The van der Waals surface area contributed by atoms with Gasteiger partial charge in [0.15, 0.2) is 5.96 Å². The second-order valence-corrected chi connectivity index (χ2v) is 7.07. The molecule has 2 fully saturated rings. The highest BCUT2D eigenvalue weighted by Crippen LogP contribution is 2.28. The van der Waals surface area contributed by atoms with Crippen molar-refractivity contribution in [3.63, 3.8) is 0 Å². The molecule has 1 aliphatic heterocycles. The summed E-state index contributed by atoms with van der Waals surface area (Å²) in [5.41, 5.74) is 1.43. The fourth-order valence-corrected chi connectivity index (χ4v) is 3.08. The second-order valence-electron chi connectivity index (χ2n) is 7.07. The number of nitrogens with one attached hydrogen (secondary N) is 3. The molecule has 1 aromatic rings. The largest absolute Gasteiger partial charge is 0.378 e. The number of aliphatic imine (C=N–C) groups is 1. The van der Waals surface area contributed by atoms with Gasteiger partial charge >= 0.3 is 0 Å². The van der Waals surface area contributed by atoms with Gasteiger partial charge in [-0.05, 0) is 37.5 Å². The Morgan fingerprint density at radius 3 is 2.64 bits per heavy atom. The molecule has 0 unspecified atom stereocenters. The number of halogens is 1. The minimum atomic E-state index is -0.227. The van der Waals surface area contributed by atoms with Gasteiger partial charge < -0.3 is 25.6 Å². The zero-order chi connectivity index (χ0) is 19.8. The number of benzene rings is 1. The zero-order valence-electron chi connectivity index (χ0n) is 16.5. The Morgan fingerprint density at radius 2 is 1.96 bits per heavy atom. The molecule has 3 N–H and O–H groups in total. The van der Waals surface area contributed by atoms with Crippen molar-refractivity contribution in [2.45, 2.75) is 26.3 Å². The lowest BCUT2D eigenvalue weighted by Gasteiger charge is -2.29. The normalized spacial score (nSPS) is 17.4. The molecular weight excluding hydrogens is 361 g/mol. The fourth-order valence-electron chi connectivity index (χ4n) is 3.08. The molecule has 1 amide bonds. The van der Waals surface area contributed by atoms with Crippen LogP contribution in [0.5, 0.6) is 0 Å². The molecule has 0 aromatic heterocycles. The summed E-state index contributed by atoms with van der Waals surface area (Å²) in [6.07, 6.45) is 2.01. The van der Waals surface area contributed by atoms with E-state index in [1.54, 1.807) is 6.07 Å². The van der Waals surface area contributed by atoms with Crippen molar-refractivity contribution >= 4 is 17.6 Å². The van der Waals surface area contributed by atoms with Crippen molar-refractivity contribution in [2.24, 2.45) is 10.9 Å². The van der Waals surface area contributed by atoms with Gasteiger partial charge in [-0.2, -0.15) is 0 Å². The molecule has 28 heavy (non-hydrogen) atoms. The molecule has 0 spiro atoms. The summed E-state index contributed by atoms with van der Waals surface area (Å²) < 4.78 is 19.8. The van der Waals surface area contributed by atoms with E-state index in [0.717, 1.165) is 24.9 Å². The number of carbonyl (C=O) groups is 1. The Labute approximate surface area is 165 Å². The number of rotatable bonds is 8. The molecule has 1 aromatic carbocycles. The smallest absolute Gasteiger partial charge is 0.223 e. The van der Waals surface area contributed by atoms with E-state index >= 15 is 0 Å². The van der Waals surface area contributed by atoms with Crippen molar-refractivity contribution in [3.05, 3.63) is 29.6 Å². The van der Waals surface area contributed by atoms with Gasteiger partial charge in [0.1, 0.15) is 5.82 Å². The predicted molar refractivity (Wildman–Crippen MR) is 108 cm³/mol. The molecule has 7 nitrogen and oxygen atoms in total. The highest BCUT2D eigenvalue weighted by atomic mass is 19.1. The summed E-state index contributed by atoms with van der Waals surface area (Å²) in [5.74, 6) is 0.785. The van der Waals surface area contributed by atoms with E-state index in [2.05, 4.69) is 20.9 Å². The summed E-state index contributed by atoms with van der Waals surface area (Å²) in [6.45, 7) is 6.92. The van der Waals surface area contributed by atoms with E-state index in [4.69, 9.17) is 4.74 Å². The fraction of sp³-hybridized carbons (Fsp3) is 0.600. The van der Waals surface area contributed by atoms with Crippen LogP contribution in [-0.4, -0.2) is 57.8 Å². The van der Waals surface area contributed by atoms with Crippen LogP contribution >= 0.6 is 0 Å². The molecule has 1 aliphatic carbocycles. The number of amides is 1. The SMILES string of the molecule is CCNC(=NCc1ccc(N2CCOCC2)c(F)c1)NCCNC(=O)C1CC1. The van der Waals surface area contributed by atoms with Crippen molar-refractivity contribution in [1.29, 1.82) is 0 Å². The first-order chi connectivity index (χ1) is 13.7. The number of guanidine groups is 1. The van der Waals surface area contributed by atoms with Crippen LogP contribution in [0, 0.1) is 11.7 Å². The van der Waals surface area contributed by atoms with Crippen molar-refractivity contribution in [2.75, 3.05) is 50.8 Å². The average molecular weight is 391 g/mol. The van der Waals surface area contributed by atoms with Crippen LogP contribution in [0.15, 0.2) is 23.2 Å². The number of nitrogens with zero attached hydrogens (tertiary/aromatic N) is 2. The predicted octanol–water partition coefficient (Wildman–Crippen LogP) is 1.24. The molecule has 0 bridgehead atoms. The lowest BCUT2D eigenvalue weighted by atomic mass is 10.1. The number of anilines is 1. The monoisotopic (exact) mass is 391 g/mol. The quantitative estimate of drug-likeness (QED) is 0.353. The zero-order valence-corrected chi connectivity index (χ0v) is 16.5. The third-order valence-corrected chi connectivity index (χ3v) is 4.79. The van der Waals surface area contributed by atoms with Gasteiger partial charge in [0.2, 0.25) is 5.91 Å². The molecule has 0 atom stereocenters. The van der Waals surface area contributed by atoms with E-state index in [1.807, 2.05) is 24.0 Å². The van der Waals surface area contributed by atoms with Crippen LogP contribution in [0.4, 0.5) is 10.1 Å². The van der Waals surface area contributed by atoms with Gasteiger partial charge in [-0.3, -0.25) is 4.79 Å². The van der Waals surface area contributed by atoms with Crippen LogP contribution in [0.1, 0.15) is 25.3 Å². The first-order valence-electron chi connectivity index (χ1n) is 10.1. The Bertz CT molecular complexity index is 687. The summed E-state index contributed by atoms with van der Waals surface area (Å²) in [4.78, 5) is 18.1. The molecule has 8 heteroatoms. The van der Waals surface area contributed by atoms with Gasteiger partial charge in [-0.15, -0.1) is 0 Å². The lowest BCUT2D eigenvalue weighted by Crippen LogP contribution is -2.41. The number of morpholine rings is 1. The standard InChI is InChI=1S/C20H30FN5O2/c1-2-22-20(24-8-7-23-19(27)16-4-5-16)25-14-15-3-6-18(17(21)13-15)26-9-11-28-12-10-26/h3,6,13,16H,2,4-5,7-12,14H2,1H3,(H,23,27)(H2,22,24,25). The van der Waals surface area contributed by atoms with Gasteiger partial charge in [0.25, 0.3) is 0 Å². The van der Waals surface area contributed by atoms with E-state index < -0.39 is 0 Å². The number of hydrogen-bond acceptors (Lipinski definition) is 4. The van der Waals surface area contributed by atoms with E-state index in [1.165, 1.54) is 0 Å². The maximum Gasteiger partial charge on any atom is 0.223 e. The highest BCUT2D eigenvalue weighted by molar-refractivity contribution is 5.81. The topological polar surface area (TPSA) is 78.0 Å². The molecule has 1 saturated carbocycles. The van der Waals surface area contributed by atoms with Crippen molar-refractivity contribution in [3.8, 4) is 0 Å². The van der Waals surface area contributed by atoms with E-state index in [9.17, 15) is 9.18 Å². The Morgan fingerprint density at radius 1 is 1.21 bits per heavy atom. The van der Waals surface area contributed by atoms with Crippen LogP contribution in [0.3, 0.4) is 0 Å². The summed E-state index contributed by atoms with van der Waals surface area (Å²) in [7, 11) is 0. The lowest BCUT2D eigenvalue weighted by molar-refractivity contribution is -0.122. The Kier molecular flexibility index (Phi) is 7.47. The molecule has 0 radical (unpaired) electrons. The maximum absolute atomic E-state index is 14.5. The van der Waals surface area contributed by atoms with Gasteiger partial charge in [0.05, 0.1) is 25.4 Å². The first kappa shape index (κ1) is 20.4. The summed E-state index contributed by atoms with van der Waals surface area (Å²) >= 11 is 0. The van der Waals surface area contributed by atoms with E-state index in [-0.39, 0.29) is 17.6 Å². The highest BCUT2D eigenvalue weighted by Gasteiger charge is 2.28. The Balaban J connectivity index is 1.49. The van der Waals surface area contributed by atoms with Crippen LogP contribution in [-0.2, 0) is 16.1 Å². The van der Waals surface area contributed by atoms with Crippen LogP contribution in [0.2, 0.25) is 0 Å². The van der Waals surface area contributed by atoms with Crippen molar-refractivity contribution in [1.82, 2.24) is 16.0 Å². The first-order valence-corrected chi connectivity index (χ1v) is 10.1. The summed E-state index contributed by atoms with van der Waals surface area (Å²) in [5, 5.41) is 9.27. The molecule has 154 valence electrons. The molecule has 1 heterocycles. The average Bonchev–Trinajstić information content (AvgIpc) is 3.55. The number of carbonyl (C=O) groups excluding carboxylic acids is 1. The van der Waals surface area contributed by atoms with Crippen LogP contribution in [0.25, 0.3) is 0 Å². The molecule has 2 aliphatic rings. The minimum Gasteiger partial charge on any atom is -0.378 e. The number of hydrogen-bond donors (Lipinski definition) is 3. The molecule has 1 saturated heterocycles. The summed E-state index contributed by atoms with van der Waals surface area (Å²) in [6, 6.07) is 5.28. The number of ether oxygens (including phenoxy) is 1. The van der Waals surface area contributed by atoms with Crippen molar-refractivity contribution < 1.29 is 13.9 Å². The van der Waals surface area contributed by atoms with Gasteiger partial charge in [-0.1, -0.05) is 6.07 Å². The van der Waals surface area contributed by atoms with Crippen LogP contribution < -0.4 is 20.9 Å². The minimum absolute atomic E-state index is 0.138. The van der Waals surface area contributed by atoms with E-state index in [0.29, 0.717) is 57.6 Å². The third-order valence-electron chi connectivity index (χ3n) is 4.79.